The number of para-hydroxylation sites is 1. The quantitative estimate of drug-likeness (QED) is 0.763. The number of hydrogen-bond donors (Lipinski definition) is 1. The third-order valence-corrected chi connectivity index (χ3v) is 3.81. The van der Waals surface area contributed by atoms with Crippen LogP contribution in [0, 0.1) is 5.82 Å². The second kappa shape index (κ2) is 8.44. The Bertz CT molecular complexity index is 751. The number of nitrogens with one attached hydrogen (secondary N) is 1. The van der Waals surface area contributed by atoms with Crippen LogP contribution in [0.3, 0.4) is 0 Å². The summed E-state index contributed by atoms with van der Waals surface area (Å²) >= 11 is 3.08. The summed E-state index contributed by atoms with van der Waals surface area (Å²) in [6.45, 7) is -0.182. The van der Waals surface area contributed by atoms with Crippen LogP contribution in [0.5, 0.6) is 5.75 Å². The van der Waals surface area contributed by atoms with Gasteiger partial charge in [0.2, 0.25) is 0 Å². The molecule has 0 aliphatic heterocycles. The summed E-state index contributed by atoms with van der Waals surface area (Å²) in [6, 6.07) is 10.8. The van der Waals surface area contributed by atoms with Gasteiger partial charge in [-0.15, -0.1) is 0 Å². The fraction of sp³-hybridized carbons (Fsp3) is 0.176. The van der Waals surface area contributed by atoms with Crippen molar-refractivity contribution < 1.29 is 23.5 Å². The molecule has 0 radical (unpaired) electrons. The number of esters is 1. The zero-order chi connectivity index (χ0) is 17.5. The number of ether oxygens (including phenoxy) is 2. The van der Waals surface area contributed by atoms with Gasteiger partial charge in [0.1, 0.15) is 11.6 Å². The highest BCUT2D eigenvalue weighted by molar-refractivity contribution is 9.10. The predicted octanol–water partition coefficient (Wildman–Crippen LogP) is 3.07. The van der Waals surface area contributed by atoms with Crippen molar-refractivity contribution in [1.82, 2.24) is 5.32 Å². The number of benzene rings is 2. The Kier molecular flexibility index (Phi) is 6.31. The van der Waals surface area contributed by atoms with Gasteiger partial charge in [0.25, 0.3) is 5.91 Å². The Morgan fingerprint density at radius 1 is 1.21 bits per heavy atom. The van der Waals surface area contributed by atoms with Gasteiger partial charge < -0.3 is 14.8 Å². The minimum atomic E-state index is -0.714. The summed E-state index contributed by atoms with van der Waals surface area (Å²) in [5.41, 5.74) is 0.954. The molecule has 0 heterocycles. The van der Waals surface area contributed by atoms with Crippen LogP contribution >= 0.6 is 15.9 Å². The fourth-order valence-electron chi connectivity index (χ4n) is 1.96. The first kappa shape index (κ1) is 17.9. The highest BCUT2D eigenvalue weighted by atomic mass is 79.9. The zero-order valence-electron chi connectivity index (χ0n) is 12.8. The molecule has 126 valence electrons. The van der Waals surface area contributed by atoms with E-state index in [0.717, 1.165) is 17.7 Å². The van der Waals surface area contributed by atoms with E-state index >= 15 is 0 Å². The molecule has 1 N–H and O–H groups in total. The molecule has 1 amide bonds. The fourth-order valence-corrected chi connectivity index (χ4v) is 2.47. The Hall–Kier alpha value is -2.41. The number of amides is 1. The number of hydrogen-bond acceptors (Lipinski definition) is 4. The maximum absolute atomic E-state index is 13.0. The van der Waals surface area contributed by atoms with E-state index in [1.54, 1.807) is 13.2 Å². The lowest BCUT2D eigenvalue weighted by molar-refractivity contribution is -0.124. The molecule has 0 aliphatic carbocycles. The van der Waals surface area contributed by atoms with Crippen LogP contribution in [0.4, 0.5) is 4.39 Å². The van der Waals surface area contributed by atoms with Gasteiger partial charge in [-0.25, -0.2) is 9.18 Å². The molecule has 0 bridgehead atoms. The SMILES string of the molecule is COc1ccccc1CNC(=O)COC(=O)c1ccc(F)cc1Br. The molecule has 7 heteroatoms. The van der Waals surface area contributed by atoms with Gasteiger partial charge in [0, 0.05) is 16.6 Å². The summed E-state index contributed by atoms with van der Waals surface area (Å²) in [5.74, 6) is -0.986. The largest absolute Gasteiger partial charge is 0.496 e. The van der Waals surface area contributed by atoms with Crippen LogP contribution in [0.25, 0.3) is 0 Å². The van der Waals surface area contributed by atoms with E-state index in [9.17, 15) is 14.0 Å². The first-order valence-corrected chi connectivity index (χ1v) is 7.81. The second-order valence-electron chi connectivity index (χ2n) is 4.79. The lowest BCUT2D eigenvalue weighted by Crippen LogP contribution is -2.28. The van der Waals surface area contributed by atoms with Crippen LogP contribution in [-0.2, 0) is 16.1 Å². The van der Waals surface area contributed by atoms with Crippen molar-refractivity contribution in [3.05, 3.63) is 63.9 Å². The molecule has 0 aromatic heterocycles. The van der Waals surface area contributed by atoms with E-state index in [1.165, 1.54) is 6.07 Å². The Labute approximate surface area is 146 Å². The molecule has 5 nitrogen and oxygen atoms in total. The van der Waals surface area contributed by atoms with Crippen molar-refractivity contribution in [3.8, 4) is 5.75 Å². The minimum Gasteiger partial charge on any atom is -0.496 e. The number of methoxy groups -OCH3 is 1. The number of halogens is 2. The number of carbonyl (C=O) groups excluding carboxylic acids is 2. The third kappa shape index (κ3) is 4.79. The maximum atomic E-state index is 13.0. The molecule has 0 unspecified atom stereocenters. The van der Waals surface area contributed by atoms with E-state index < -0.39 is 24.3 Å². The third-order valence-electron chi connectivity index (χ3n) is 3.15. The molecule has 0 aliphatic rings. The summed E-state index contributed by atoms with van der Waals surface area (Å²) in [6.07, 6.45) is 0. The van der Waals surface area contributed by atoms with E-state index in [2.05, 4.69) is 21.2 Å². The van der Waals surface area contributed by atoms with Gasteiger partial charge in [0.05, 0.1) is 12.7 Å². The van der Waals surface area contributed by atoms with Crippen molar-refractivity contribution in [1.29, 1.82) is 0 Å². The van der Waals surface area contributed by atoms with Crippen LogP contribution in [-0.4, -0.2) is 25.6 Å². The van der Waals surface area contributed by atoms with Crippen LogP contribution < -0.4 is 10.1 Å². The Morgan fingerprint density at radius 2 is 1.96 bits per heavy atom. The van der Waals surface area contributed by atoms with Gasteiger partial charge in [0.15, 0.2) is 6.61 Å². The van der Waals surface area contributed by atoms with Crippen molar-refractivity contribution >= 4 is 27.8 Å². The van der Waals surface area contributed by atoms with E-state index in [-0.39, 0.29) is 16.6 Å². The van der Waals surface area contributed by atoms with Gasteiger partial charge >= 0.3 is 5.97 Å². The zero-order valence-corrected chi connectivity index (χ0v) is 14.4. The molecule has 0 atom stereocenters. The normalized spacial score (nSPS) is 10.1. The van der Waals surface area contributed by atoms with Gasteiger partial charge in [-0.05, 0) is 40.2 Å². The molecule has 24 heavy (non-hydrogen) atoms. The van der Waals surface area contributed by atoms with E-state index in [1.807, 2.05) is 18.2 Å². The van der Waals surface area contributed by atoms with Gasteiger partial charge in [-0.2, -0.15) is 0 Å². The first-order valence-electron chi connectivity index (χ1n) is 7.02. The highest BCUT2D eigenvalue weighted by Crippen LogP contribution is 2.19. The van der Waals surface area contributed by atoms with Crippen molar-refractivity contribution in [2.75, 3.05) is 13.7 Å². The lowest BCUT2D eigenvalue weighted by atomic mass is 10.2. The highest BCUT2D eigenvalue weighted by Gasteiger charge is 2.14. The summed E-state index contributed by atoms with van der Waals surface area (Å²) in [5, 5.41) is 2.64. The molecule has 0 saturated carbocycles. The lowest BCUT2D eigenvalue weighted by Gasteiger charge is -2.10. The smallest absolute Gasteiger partial charge is 0.339 e. The average Bonchev–Trinajstić information content (AvgIpc) is 2.58. The monoisotopic (exact) mass is 395 g/mol. The van der Waals surface area contributed by atoms with Gasteiger partial charge in [-0.3, -0.25) is 4.79 Å². The van der Waals surface area contributed by atoms with Crippen LogP contribution in [0.2, 0.25) is 0 Å². The summed E-state index contributed by atoms with van der Waals surface area (Å²) in [7, 11) is 1.54. The second-order valence-corrected chi connectivity index (χ2v) is 5.64. The molecular weight excluding hydrogens is 381 g/mol. The Morgan fingerprint density at radius 3 is 2.67 bits per heavy atom. The number of carbonyl (C=O) groups is 2. The molecular formula is C17H15BrFNO4. The first-order chi connectivity index (χ1) is 11.5. The average molecular weight is 396 g/mol. The Balaban J connectivity index is 1.85. The molecule has 0 fully saturated rings. The summed E-state index contributed by atoms with van der Waals surface area (Å²) < 4.78 is 23.4. The predicted molar refractivity (Wildman–Crippen MR) is 89.2 cm³/mol. The van der Waals surface area contributed by atoms with Crippen molar-refractivity contribution in [3.63, 3.8) is 0 Å². The molecule has 2 aromatic rings. The molecule has 2 aromatic carbocycles. The van der Waals surface area contributed by atoms with Crippen LogP contribution in [0.15, 0.2) is 46.9 Å². The topological polar surface area (TPSA) is 64.6 Å². The maximum Gasteiger partial charge on any atom is 0.339 e. The van der Waals surface area contributed by atoms with E-state index in [4.69, 9.17) is 9.47 Å². The minimum absolute atomic E-state index is 0.147. The molecule has 2 rings (SSSR count). The summed E-state index contributed by atoms with van der Waals surface area (Å²) in [4.78, 5) is 23.7. The van der Waals surface area contributed by atoms with E-state index in [0.29, 0.717) is 5.75 Å². The standard InChI is InChI=1S/C17H15BrFNO4/c1-23-15-5-3-2-4-11(15)9-20-16(21)10-24-17(22)13-7-6-12(19)8-14(13)18/h2-8H,9-10H2,1H3,(H,20,21). The number of rotatable bonds is 6. The van der Waals surface area contributed by atoms with Crippen molar-refractivity contribution in [2.45, 2.75) is 6.54 Å². The van der Waals surface area contributed by atoms with Gasteiger partial charge in [-0.1, -0.05) is 18.2 Å². The molecule has 0 saturated heterocycles. The molecule has 0 spiro atoms. The van der Waals surface area contributed by atoms with Crippen LogP contribution in [0.1, 0.15) is 15.9 Å². The van der Waals surface area contributed by atoms with Crippen molar-refractivity contribution in [2.24, 2.45) is 0 Å².